The molecule has 2 N–H and O–H groups in total. The number of hydrogen-bond donors (Lipinski definition) is 1. The zero-order valence-electron chi connectivity index (χ0n) is 6.39. The summed E-state index contributed by atoms with van der Waals surface area (Å²) in [5.41, 5.74) is 5.10. The van der Waals surface area contributed by atoms with Gasteiger partial charge in [-0.3, -0.25) is 8.77 Å². The third-order valence-corrected chi connectivity index (χ3v) is 2.33. The summed E-state index contributed by atoms with van der Waals surface area (Å²) in [7, 11) is -3.31. The highest BCUT2D eigenvalue weighted by Gasteiger charge is 2.07. The normalized spacial score (nSPS) is 11.4. The summed E-state index contributed by atoms with van der Waals surface area (Å²) >= 11 is 0. The Morgan fingerprint density at radius 1 is 1.58 bits per heavy atom. The van der Waals surface area contributed by atoms with E-state index in [9.17, 15) is 13.2 Å². The zero-order valence-corrected chi connectivity index (χ0v) is 7.21. The van der Waals surface area contributed by atoms with Crippen LogP contribution >= 0.6 is 0 Å². The first kappa shape index (κ1) is 8.79. The molecule has 0 aliphatic heterocycles. The van der Waals surface area contributed by atoms with Crippen molar-refractivity contribution in [3.63, 3.8) is 0 Å². The van der Waals surface area contributed by atoms with Gasteiger partial charge in [-0.2, -0.15) is 0 Å². The highest BCUT2D eigenvalue weighted by atomic mass is 32.2. The molecule has 1 heterocycles. The Morgan fingerprint density at radius 2 is 2.17 bits per heavy atom. The molecule has 0 bridgehead atoms. The van der Waals surface area contributed by atoms with E-state index in [4.69, 9.17) is 5.73 Å². The largest absolute Gasteiger partial charge is 0.366 e. The number of carbonyl (C=O) groups is 1. The van der Waals surface area contributed by atoms with Gasteiger partial charge in [0.25, 0.3) is 0 Å². The third-order valence-electron chi connectivity index (χ3n) is 1.33. The number of carbonyl (C=O) groups excluding carboxylic acids is 1. The summed E-state index contributed by atoms with van der Waals surface area (Å²) in [6.45, 7) is 0. The van der Waals surface area contributed by atoms with Crippen molar-refractivity contribution in [1.29, 1.82) is 0 Å². The zero-order chi connectivity index (χ0) is 9.35. The van der Waals surface area contributed by atoms with Crippen molar-refractivity contribution in [2.45, 2.75) is 0 Å². The Labute approximate surface area is 69.8 Å². The molecule has 0 aliphatic carbocycles. The predicted octanol–water partition coefficient (Wildman–Crippen LogP) is -0.605. The van der Waals surface area contributed by atoms with Gasteiger partial charge in [-0.1, -0.05) is 0 Å². The minimum Gasteiger partial charge on any atom is -0.366 e. The van der Waals surface area contributed by atoms with E-state index in [1.165, 1.54) is 18.5 Å². The maximum absolute atomic E-state index is 10.9. The fraction of sp³-hybridized carbons (Fsp3) is 0.167. The molecule has 1 aromatic heterocycles. The number of amides is 1. The predicted molar refractivity (Wildman–Crippen MR) is 43.2 cm³/mol. The molecule has 1 amide bonds. The van der Waals surface area contributed by atoms with Gasteiger partial charge in [0.05, 0.1) is 11.8 Å². The number of aromatic nitrogens is 1. The van der Waals surface area contributed by atoms with Crippen LogP contribution in [0.1, 0.15) is 10.4 Å². The van der Waals surface area contributed by atoms with E-state index in [1.807, 2.05) is 0 Å². The van der Waals surface area contributed by atoms with Crippen molar-refractivity contribution >= 4 is 15.9 Å². The van der Waals surface area contributed by atoms with Gasteiger partial charge < -0.3 is 5.73 Å². The van der Waals surface area contributed by atoms with E-state index in [1.54, 1.807) is 0 Å². The smallest absolute Gasteiger partial charge is 0.250 e. The van der Waals surface area contributed by atoms with E-state index in [-0.39, 0.29) is 5.56 Å². The van der Waals surface area contributed by atoms with Crippen molar-refractivity contribution in [2.24, 2.45) is 5.73 Å². The van der Waals surface area contributed by atoms with Crippen molar-refractivity contribution < 1.29 is 13.2 Å². The Kier molecular flexibility index (Phi) is 1.93. The van der Waals surface area contributed by atoms with Gasteiger partial charge >= 0.3 is 0 Å². The van der Waals surface area contributed by atoms with Gasteiger partial charge in [-0.25, -0.2) is 8.42 Å². The maximum Gasteiger partial charge on any atom is 0.250 e. The number of nitrogens with zero attached hydrogens (tertiary/aromatic N) is 1. The third kappa shape index (κ3) is 1.65. The lowest BCUT2D eigenvalue weighted by atomic mass is 10.3. The van der Waals surface area contributed by atoms with Gasteiger partial charge in [0.1, 0.15) is 0 Å². The average molecular weight is 188 g/mol. The van der Waals surface area contributed by atoms with Crippen LogP contribution in [-0.4, -0.2) is 24.6 Å². The molecule has 0 radical (unpaired) electrons. The lowest BCUT2D eigenvalue weighted by molar-refractivity contribution is 0.100. The van der Waals surface area contributed by atoms with Gasteiger partial charge in [-0.05, 0) is 6.07 Å². The SMILES string of the molecule is CS(=O)(=O)n1ccc(C(N)=O)c1. The van der Waals surface area contributed by atoms with Crippen LogP contribution in [0.15, 0.2) is 18.5 Å². The summed E-state index contributed by atoms with van der Waals surface area (Å²) in [4.78, 5) is 10.6. The second-order valence-corrected chi connectivity index (χ2v) is 4.25. The lowest BCUT2D eigenvalue weighted by Crippen LogP contribution is -2.11. The second-order valence-electron chi connectivity index (χ2n) is 2.36. The molecule has 66 valence electrons. The minimum absolute atomic E-state index is 0.181. The Hall–Kier alpha value is -1.30. The monoisotopic (exact) mass is 188 g/mol. The molecule has 0 unspecified atom stereocenters. The van der Waals surface area contributed by atoms with Gasteiger partial charge in [-0.15, -0.1) is 0 Å². The topological polar surface area (TPSA) is 82.2 Å². The highest BCUT2D eigenvalue weighted by Crippen LogP contribution is 2.02. The molecule has 0 saturated heterocycles. The van der Waals surface area contributed by atoms with Crippen molar-refractivity contribution in [1.82, 2.24) is 3.97 Å². The minimum atomic E-state index is -3.31. The number of hydrogen-bond acceptors (Lipinski definition) is 3. The van der Waals surface area contributed by atoms with E-state index >= 15 is 0 Å². The molecular formula is C6H8N2O3S. The summed E-state index contributed by atoms with van der Waals surface area (Å²) in [5, 5.41) is 0. The molecule has 1 aromatic rings. The first-order valence-electron chi connectivity index (χ1n) is 3.09. The van der Waals surface area contributed by atoms with Crippen LogP contribution < -0.4 is 5.73 Å². The quantitative estimate of drug-likeness (QED) is 0.672. The standard InChI is InChI=1S/C6H8N2O3S/c1-12(10,11)8-3-2-5(4-8)6(7)9/h2-4H,1H3,(H2,7,9). The molecule has 0 saturated carbocycles. The first-order valence-corrected chi connectivity index (χ1v) is 4.94. The van der Waals surface area contributed by atoms with Crippen LogP contribution in [0, 0.1) is 0 Å². The van der Waals surface area contributed by atoms with Crippen molar-refractivity contribution in [2.75, 3.05) is 6.26 Å². The summed E-state index contributed by atoms with van der Waals surface area (Å²) in [6, 6.07) is 1.35. The van der Waals surface area contributed by atoms with Crippen LogP contribution in [0.4, 0.5) is 0 Å². The van der Waals surface area contributed by atoms with E-state index in [0.29, 0.717) is 0 Å². The average Bonchev–Trinajstić information content (AvgIpc) is 2.30. The van der Waals surface area contributed by atoms with Crippen LogP contribution in [0.2, 0.25) is 0 Å². The Balaban J connectivity index is 3.17. The first-order chi connectivity index (χ1) is 5.41. The van der Waals surface area contributed by atoms with Crippen LogP contribution in [0.25, 0.3) is 0 Å². The van der Waals surface area contributed by atoms with E-state index < -0.39 is 15.9 Å². The fourth-order valence-electron chi connectivity index (χ4n) is 0.729. The second kappa shape index (κ2) is 2.63. The number of nitrogens with two attached hydrogens (primary N) is 1. The molecule has 1 rings (SSSR count). The van der Waals surface area contributed by atoms with Gasteiger partial charge in [0.2, 0.25) is 15.9 Å². The van der Waals surface area contributed by atoms with Crippen molar-refractivity contribution in [3.8, 4) is 0 Å². The molecule has 0 aromatic carbocycles. The molecule has 12 heavy (non-hydrogen) atoms. The summed E-state index contributed by atoms with van der Waals surface area (Å²) in [6.07, 6.45) is 3.49. The Bertz CT molecular complexity index is 404. The van der Waals surface area contributed by atoms with Gasteiger partial charge in [0, 0.05) is 12.4 Å². The maximum atomic E-state index is 10.9. The molecule has 5 nitrogen and oxygen atoms in total. The van der Waals surface area contributed by atoms with Crippen LogP contribution in [0.3, 0.4) is 0 Å². The molecule has 6 heteroatoms. The highest BCUT2D eigenvalue weighted by molar-refractivity contribution is 7.89. The Morgan fingerprint density at radius 3 is 2.42 bits per heavy atom. The number of primary amides is 1. The molecular weight excluding hydrogens is 180 g/mol. The number of rotatable bonds is 2. The van der Waals surface area contributed by atoms with Gasteiger partial charge in [0.15, 0.2) is 0 Å². The fourth-order valence-corrected chi connectivity index (χ4v) is 1.32. The molecule has 0 spiro atoms. The van der Waals surface area contributed by atoms with Crippen LogP contribution in [-0.2, 0) is 10.0 Å². The summed E-state index contributed by atoms with van der Waals surface area (Å²) < 4.78 is 22.7. The summed E-state index contributed by atoms with van der Waals surface area (Å²) in [5.74, 6) is -0.641. The molecule has 0 atom stereocenters. The molecule has 0 aliphatic rings. The van der Waals surface area contributed by atoms with E-state index in [0.717, 1.165) is 10.2 Å². The lowest BCUT2D eigenvalue weighted by Gasteiger charge is -1.95. The van der Waals surface area contributed by atoms with E-state index in [2.05, 4.69) is 0 Å². The van der Waals surface area contributed by atoms with Crippen LogP contribution in [0.5, 0.6) is 0 Å². The van der Waals surface area contributed by atoms with Crippen molar-refractivity contribution in [3.05, 3.63) is 24.0 Å². The molecule has 0 fully saturated rings.